The summed E-state index contributed by atoms with van der Waals surface area (Å²) in [5.41, 5.74) is 1.94. The topological polar surface area (TPSA) is 123 Å². The number of pyridine rings is 2. The first-order valence-electron chi connectivity index (χ1n) is 12.6. The highest BCUT2D eigenvalue weighted by Crippen LogP contribution is 2.34. The Bertz CT molecular complexity index is 1550. The van der Waals surface area contributed by atoms with E-state index in [9.17, 15) is 14.0 Å². The second-order valence-corrected chi connectivity index (χ2v) is 9.91. The van der Waals surface area contributed by atoms with Crippen LogP contribution in [0.1, 0.15) is 19.5 Å². The van der Waals surface area contributed by atoms with Crippen molar-refractivity contribution in [2.75, 3.05) is 43.1 Å². The minimum Gasteiger partial charge on any atom is -0.490 e. The van der Waals surface area contributed by atoms with Gasteiger partial charge >= 0.3 is 6.61 Å². The number of morpholine rings is 1. The Labute approximate surface area is 229 Å². The van der Waals surface area contributed by atoms with Gasteiger partial charge in [0.2, 0.25) is 11.8 Å². The number of rotatable bonds is 9. The molecule has 11 nitrogen and oxygen atoms in total. The number of hydrogen-bond donors (Lipinski definition) is 1. The number of nitriles is 1. The first-order valence-corrected chi connectivity index (χ1v) is 12.6. The van der Waals surface area contributed by atoms with Crippen molar-refractivity contribution in [3.8, 4) is 28.8 Å². The molecule has 4 aromatic rings. The fourth-order valence-corrected chi connectivity index (χ4v) is 4.09. The molecular formula is C27H28F2N8O3. The Kier molecular flexibility index (Phi) is 7.61. The van der Waals surface area contributed by atoms with Crippen LogP contribution in [0.4, 0.5) is 26.4 Å². The summed E-state index contributed by atoms with van der Waals surface area (Å²) in [4.78, 5) is 15.2. The lowest BCUT2D eigenvalue weighted by Gasteiger charge is -2.27. The third-order valence-corrected chi connectivity index (χ3v) is 6.11. The fraction of sp³-hybridized carbons (Fsp3) is 0.370. The first kappa shape index (κ1) is 27.0. The van der Waals surface area contributed by atoms with Crippen LogP contribution in [0.25, 0.3) is 16.6 Å². The van der Waals surface area contributed by atoms with Crippen LogP contribution >= 0.6 is 0 Å². The predicted molar refractivity (Wildman–Crippen MR) is 143 cm³/mol. The van der Waals surface area contributed by atoms with Crippen molar-refractivity contribution in [2.45, 2.75) is 27.4 Å². The summed E-state index contributed by atoms with van der Waals surface area (Å²) in [5, 5.41) is 17.2. The van der Waals surface area contributed by atoms with Gasteiger partial charge in [0.25, 0.3) is 0 Å². The van der Waals surface area contributed by atoms with Crippen molar-refractivity contribution in [1.82, 2.24) is 24.6 Å². The number of alkyl halides is 2. The Hall–Kier alpha value is -4.57. The van der Waals surface area contributed by atoms with Crippen LogP contribution < -0.4 is 19.7 Å². The second-order valence-electron chi connectivity index (χ2n) is 9.91. The van der Waals surface area contributed by atoms with E-state index < -0.39 is 12.0 Å². The van der Waals surface area contributed by atoms with Gasteiger partial charge in [-0.1, -0.05) is 0 Å². The molecule has 208 valence electrons. The van der Waals surface area contributed by atoms with E-state index in [4.69, 9.17) is 9.47 Å². The van der Waals surface area contributed by atoms with Crippen molar-refractivity contribution in [3.05, 3.63) is 48.4 Å². The van der Waals surface area contributed by atoms with Gasteiger partial charge in [-0.2, -0.15) is 24.1 Å². The molecule has 40 heavy (non-hydrogen) atoms. The summed E-state index contributed by atoms with van der Waals surface area (Å²) in [6.07, 6.45) is 3.06. The molecule has 1 aliphatic heterocycles. The van der Waals surface area contributed by atoms with Crippen molar-refractivity contribution in [2.24, 2.45) is 5.41 Å². The predicted octanol–water partition coefficient (Wildman–Crippen LogP) is 4.60. The van der Waals surface area contributed by atoms with Gasteiger partial charge < -0.3 is 24.4 Å². The van der Waals surface area contributed by atoms with E-state index >= 15 is 0 Å². The van der Waals surface area contributed by atoms with Crippen LogP contribution in [0.3, 0.4) is 0 Å². The number of ether oxygens (including phenoxy) is 3. The number of aryl methyl sites for hydroxylation is 1. The van der Waals surface area contributed by atoms with Crippen molar-refractivity contribution < 1.29 is 23.0 Å². The van der Waals surface area contributed by atoms with E-state index in [-0.39, 0.29) is 12.5 Å². The number of hydrogen-bond acceptors (Lipinski definition) is 10. The van der Waals surface area contributed by atoms with Gasteiger partial charge in [-0.05, 0) is 38.5 Å². The molecule has 4 aromatic heterocycles. The molecule has 5 rings (SSSR count). The van der Waals surface area contributed by atoms with Gasteiger partial charge in [0.05, 0.1) is 36.4 Å². The van der Waals surface area contributed by atoms with E-state index in [0.717, 1.165) is 24.3 Å². The third-order valence-electron chi connectivity index (χ3n) is 6.11. The number of nitrogens with one attached hydrogen (secondary N) is 1. The lowest BCUT2D eigenvalue weighted by Crippen LogP contribution is -2.37. The lowest BCUT2D eigenvalue weighted by molar-refractivity contribution is -0.0528. The summed E-state index contributed by atoms with van der Waals surface area (Å²) in [5.74, 6) is 1.88. The molecule has 0 aromatic carbocycles. The van der Waals surface area contributed by atoms with E-state index in [1.165, 1.54) is 12.3 Å². The number of fused-ring (bicyclic) bond motifs is 1. The number of aromatic nitrogens is 5. The van der Waals surface area contributed by atoms with Crippen LogP contribution in [0.15, 0.2) is 42.7 Å². The second kappa shape index (κ2) is 11.3. The molecule has 0 unspecified atom stereocenters. The number of anilines is 3. The normalized spacial score (nSPS) is 13.9. The van der Waals surface area contributed by atoms with Gasteiger partial charge in [0, 0.05) is 48.7 Å². The van der Waals surface area contributed by atoms with E-state index in [2.05, 4.69) is 41.1 Å². The molecule has 0 radical (unpaired) electrons. The third kappa shape index (κ3) is 6.35. The van der Waals surface area contributed by atoms with Crippen molar-refractivity contribution in [1.29, 1.82) is 5.26 Å². The van der Waals surface area contributed by atoms with Crippen molar-refractivity contribution >= 4 is 23.1 Å². The van der Waals surface area contributed by atoms with Gasteiger partial charge in [-0.25, -0.2) is 14.5 Å². The minimum atomic E-state index is -3.02. The van der Waals surface area contributed by atoms with Gasteiger partial charge in [0.15, 0.2) is 5.82 Å². The summed E-state index contributed by atoms with van der Waals surface area (Å²) in [6, 6.07) is 10.9. The van der Waals surface area contributed by atoms with Crippen molar-refractivity contribution in [3.63, 3.8) is 0 Å². The summed E-state index contributed by atoms with van der Waals surface area (Å²) in [7, 11) is 0. The van der Waals surface area contributed by atoms with E-state index in [1.54, 1.807) is 30.6 Å². The van der Waals surface area contributed by atoms with E-state index in [1.807, 2.05) is 25.1 Å². The quantitative estimate of drug-likeness (QED) is 0.316. The largest absolute Gasteiger partial charge is 0.490 e. The number of nitrogens with zero attached hydrogens (tertiary/aromatic N) is 7. The molecule has 1 fully saturated rings. The fourth-order valence-electron chi connectivity index (χ4n) is 4.09. The van der Waals surface area contributed by atoms with Gasteiger partial charge in [-0.15, -0.1) is 0 Å². The molecule has 5 heterocycles. The average molecular weight is 551 g/mol. The summed E-state index contributed by atoms with van der Waals surface area (Å²) < 4.78 is 43.3. The van der Waals surface area contributed by atoms with Crippen LogP contribution in [0.2, 0.25) is 0 Å². The summed E-state index contributed by atoms with van der Waals surface area (Å²) in [6.45, 7) is 5.15. The molecule has 1 aliphatic rings. The van der Waals surface area contributed by atoms with Crippen LogP contribution in [-0.2, 0) is 4.74 Å². The van der Waals surface area contributed by atoms with Crippen LogP contribution in [0, 0.1) is 23.7 Å². The minimum absolute atomic E-state index is 0.0843. The maximum atomic E-state index is 12.9. The Balaban J connectivity index is 1.43. The van der Waals surface area contributed by atoms with Crippen LogP contribution in [0.5, 0.6) is 11.6 Å². The molecule has 0 atom stereocenters. The summed E-state index contributed by atoms with van der Waals surface area (Å²) >= 11 is 0. The maximum absolute atomic E-state index is 12.9. The molecule has 1 saturated heterocycles. The monoisotopic (exact) mass is 550 g/mol. The SMILES string of the molecule is Cc1cc(Nc2cc3cc(-c4cc(OC(F)F)ncc4OCC(C)(C)C#N)ccn3n2)nc(N2CCOCC2)n1. The average Bonchev–Trinajstić information content (AvgIpc) is 3.33. The molecule has 0 aliphatic carbocycles. The zero-order valence-electron chi connectivity index (χ0n) is 22.3. The highest BCUT2D eigenvalue weighted by molar-refractivity contribution is 5.75. The van der Waals surface area contributed by atoms with Gasteiger partial charge in [0.1, 0.15) is 18.2 Å². The van der Waals surface area contributed by atoms with Crippen LogP contribution in [-0.4, -0.2) is 64.1 Å². The maximum Gasteiger partial charge on any atom is 0.388 e. The molecule has 0 bridgehead atoms. The zero-order valence-corrected chi connectivity index (χ0v) is 22.3. The number of halogens is 2. The highest BCUT2D eigenvalue weighted by atomic mass is 19.3. The molecule has 0 amide bonds. The Morgan fingerprint density at radius 3 is 2.70 bits per heavy atom. The van der Waals surface area contributed by atoms with E-state index in [0.29, 0.717) is 47.7 Å². The smallest absolute Gasteiger partial charge is 0.388 e. The zero-order chi connectivity index (χ0) is 28.3. The highest BCUT2D eigenvalue weighted by Gasteiger charge is 2.21. The Morgan fingerprint density at radius 2 is 1.95 bits per heavy atom. The molecule has 13 heteroatoms. The standard InChI is InChI=1S/C27H28F2N8O3/c1-17-10-22(34-26(32-17)36-6-8-38-9-7-36)33-23-12-19-11-18(4-5-37(19)35-23)20-13-24(40-25(28)29)31-14-21(20)39-16-27(2,3)15-30/h4-5,10-14,25H,6-9,16H2,1-3H3,(H,32,33,34,35). The Morgan fingerprint density at radius 1 is 1.15 bits per heavy atom. The first-order chi connectivity index (χ1) is 19.2. The lowest BCUT2D eigenvalue weighted by atomic mass is 9.97. The molecular weight excluding hydrogens is 522 g/mol. The molecule has 0 saturated carbocycles. The molecule has 0 spiro atoms. The molecule has 1 N–H and O–H groups in total. The van der Waals surface area contributed by atoms with Gasteiger partial charge in [-0.3, -0.25) is 0 Å².